The van der Waals surface area contributed by atoms with Crippen LogP contribution in [0.15, 0.2) is 24.4 Å². The maximum absolute atomic E-state index is 12.4. The van der Waals surface area contributed by atoms with Crippen LogP contribution in [0.4, 0.5) is 13.2 Å². The summed E-state index contributed by atoms with van der Waals surface area (Å²) in [5.74, 6) is 0. The molecule has 2 rings (SSSR count). The lowest BCUT2D eigenvalue weighted by molar-refractivity contribution is -0.137. The lowest BCUT2D eigenvalue weighted by atomic mass is 10.1. The molecule has 0 radical (unpaired) electrons. The van der Waals surface area contributed by atoms with E-state index in [2.05, 4.69) is 4.98 Å². The molecule has 1 aromatic heterocycles. The highest BCUT2D eigenvalue weighted by Gasteiger charge is 2.30. The number of rotatable bonds is 1. The van der Waals surface area contributed by atoms with E-state index in [1.807, 2.05) is 0 Å². The van der Waals surface area contributed by atoms with E-state index in [0.29, 0.717) is 16.5 Å². The number of alkyl halides is 3. The predicted octanol–water partition coefficient (Wildman–Crippen LogP) is 3.24. The van der Waals surface area contributed by atoms with Crippen LogP contribution < -0.4 is 0 Å². The summed E-state index contributed by atoms with van der Waals surface area (Å²) in [5, 5.41) is 10.0. The van der Waals surface area contributed by atoms with Gasteiger partial charge in [0.15, 0.2) is 0 Å². The zero-order valence-corrected chi connectivity index (χ0v) is 8.47. The number of nitrogens with one attached hydrogen (secondary N) is 1. The molecule has 86 valence electrons. The van der Waals surface area contributed by atoms with Gasteiger partial charge in [-0.2, -0.15) is 13.2 Å². The smallest absolute Gasteiger partial charge is 0.389 e. The molecule has 0 fully saturated rings. The Morgan fingerprint density at radius 3 is 2.56 bits per heavy atom. The van der Waals surface area contributed by atoms with E-state index in [4.69, 9.17) is 0 Å². The minimum absolute atomic E-state index is 0.380. The van der Waals surface area contributed by atoms with Crippen LogP contribution in [0.3, 0.4) is 0 Å². The van der Waals surface area contributed by atoms with Crippen molar-refractivity contribution in [3.63, 3.8) is 0 Å². The Balaban J connectivity index is 2.58. The Morgan fingerprint density at radius 1 is 1.31 bits per heavy atom. The summed E-state index contributed by atoms with van der Waals surface area (Å²) < 4.78 is 37.3. The van der Waals surface area contributed by atoms with E-state index in [0.717, 1.165) is 12.1 Å². The van der Waals surface area contributed by atoms with Crippen LogP contribution in [0.5, 0.6) is 0 Å². The monoisotopic (exact) mass is 229 g/mol. The van der Waals surface area contributed by atoms with E-state index in [1.165, 1.54) is 12.3 Å². The second-order valence-corrected chi connectivity index (χ2v) is 3.68. The Kier molecular flexibility index (Phi) is 2.42. The summed E-state index contributed by atoms with van der Waals surface area (Å²) in [6.07, 6.45) is -3.52. The number of hydrogen-bond acceptors (Lipinski definition) is 1. The fourth-order valence-corrected chi connectivity index (χ4v) is 1.67. The summed E-state index contributed by atoms with van der Waals surface area (Å²) in [6.45, 7) is 1.57. The van der Waals surface area contributed by atoms with Gasteiger partial charge in [-0.1, -0.05) is 6.07 Å². The molecule has 2 nitrogen and oxygen atoms in total. The van der Waals surface area contributed by atoms with Gasteiger partial charge < -0.3 is 10.1 Å². The van der Waals surface area contributed by atoms with Crippen LogP contribution in [-0.4, -0.2) is 10.1 Å². The third kappa shape index (κ3) is 1.78. The SMILES string of the molecule is CC(O)c1c[nH]c2cc(C(F)(F)F)ccc12. The van der Waals surface area contributed by atoms with Crippen LogP contribution in [-0.2, 0) is 6.18 Å². The number of hydrogen-bond donors (Lipinski definition) is 2. The second kappa shape index (κ2) is 3.52. The average molecular weight is 229 g/mol. The molecule has 16 heavy (non-hydrogen) atoms. The highest BCUT2D eigenvalue weighted by Crippen LogP contribution is 2.32. The number of fused-ring (bicyclic) bond motifs is 1. The first-order valence-electron chi connectivity index (χ1n) is 4.76. The molecule has 0 saturated heterocycles. The van der Waals surface area contributed by atoms with E-state index in [1.54, 1.807) is 6.92 Å². The summed E-state index contributed by atoms with van der Waals surface area (Å²) in [5.41, 5.74) is 0.286. The molecule has 2 N–H and O–H groups in total. The van der Waals surface area contributed by atoms with E-state index >= 15 is 0 Å². The third-order valence-electron chi connectivity index (χ3n) is 2.49. The van der Waals surface area contributed by atoms with Crippen molar-refractivity contribution in [3.05, 3.63) is 35.5 Å². The van der Waals surface area contributed by atoms with Gasteiger partial charge in [-0.05, 0) is 19.1 Å². The second-order valence-electron chi connectivity index (χ2n) is 3.68. The Bertz CT molecular complexity index is 513. The number of aliphatic hydroxyl groups is 1. The van der Waals surface area contributed by atoms with Crippen molar-refractivity contribution in [2.45, 2.75) is 19.2 Å². The molecule has 0 spiro atoms. The van der Waals surface area contributed by atoms with Crippen LogP contribution in [0, 0.1) is 0 Å². The van der Waals surface area contributed by atoms with E-state index < -0.39 is 17.8 Å². The van der Waals surface area contributed by atoms with Gasteiger partial charge in [-0.15, -0.1) is 0 Å². The molecule has 0 amide bonds. The van der Waals surface area contributed by atoms with Gasteiger partial charge in [0.2, 0.25) is 0 Å². The normalized spacial score (nSPS) is 14.3. The Hall–Kier alpha value is -1.49. The molecule has 1 atom stereocenters. The highest BCUT2D eigenvalue weighted by atomic mass is 19.4. The number of aliphatic hydroxyl groups excluding tert-OH is 1. The number of aromatic amines is 1. The van der Waals surface area contributed by atoms with Crippen LogP contribution in [0.1, 0.15) is 24.2 Å². The van der Waals surface area contributed by atoms with Gasteiger partial charge in [-0.25, -0.2) is 0 Å². The van der Waals surface area contributed by atoms with Crippen molar-refractivity contribution >= 4 is 10.9 Å². The Labute approximate surface area is 89.7 Å². The molecule has 0 bridgehead atoms. The Morgan fingerprint density at radius 2 is 2.00 bits per heavy atom. The molecule has 1 heterocycles. The number of aromatic nitrogens is 1. The molecule has 0 saturated carbocycles. The number of halogens is 3. The zero-order valence-electron chi connectivity index (χ0n) is 8.47. The van der Waals surface area contributed by atoms with Gasteiger partial charge in [0, 0.05) is 22.7 Å². The molecule has 5 heteroatoms. The maximum atomic E-state index is 12.4. The molecule has 0 aliphatic carbocycles. The summed E-state index contributed by atoms with van der Waals surface area (Å²) in [6, 6.07) is 3.43. The number of H-pyrrole nitrogens is 1. The largest absolute Gasteiger partial charge is 0.416 e. The minimum Gasteiger partial charge on any atom is -0.389 e. The van der Waals surface area contributed by atoms with Crippen molar-refractivity contribution < 1.29 is 18.3 Å². The third-order valence-corrected chi connectivity index (χ3v) is 2.49. The molecule has 0 aliphatic rings. The van der Waals surface area contributed by atoms with Crippen molar-refractivity contribution in [1.82, 2.24) is 4.98 Å². The molecular weight excluding hydrogens is 219 g/mol. The fourth-order valence-electron chi connectivity index (χ4n) is 1.67. The summed E-state index contributed by atoms with van der Waals surface area (Å²) >= 11 is 0. The zero-order chi connectivity index (χ0) is 11.9. The van der Waals surface area contributed by atoms with Crippen LogP contribution in [0.2, 0.25) is 0 Å². The van der Waals surface area contributed by atoms with E-state index in [-0.39, 0.29) is 0 Å². The first-order valence-corrected chi connectivity index (χ1v) is 4.76. The van der Waals surface area contributed by atoms with Crippen molar-refractivity contribution in [2.24, 2.45) is 0 Å². The van der Waals surface area contributed by atoms with Gasteiger partial charge in [0.1, 0.15) is 0 Å². The number of benzene rings is 1. The van der Waals surface area contributed by atoms with Crippen molar-refractivity contribution in [1.29, 1.82) is 0 Å². The molecule has 0 aliphatic heterocycles. The van der Waals surface area contributed by atoms with Crippen molar-refractivity contribution in [2.75, 3.05) is 0 Å². The molecule has 1 unspecified atom stereocenters. The standard InChI is InChI=1S/C11H10F3NO/c1-6(16)9-5-15-10-4-7(11(12,13)14)2-3-8(9)10/h2-6,15-16H,1H3. The lowest BCUT2D eigenvalue weighted by Gasteiger charge is -2.07. The maximum Gasteiger partial charge on any atom is 0.416 e. The molecular formula is C11H10F3NO. The molecule has 2 aromatic rings. The first kappa shape index (κ1) is 11.0. The molecule has 1 aromatic carbocycles. The quantitative estimate of drug-likeness (QED) is 0.773. The topological polar surface area (TPSA) is 36.0 Å². The van der Waals surface area contributed by atoms with Gasteiger partial charge >= 0.3 is 6.18 Å². The fraction of sp³-hybridized carbons (Fsp3) is 0.273. The summed E-state index contributed by atoms with van der Waals surface area (Å²) in [7, 11) is 0. The van der Waals surface area contributed by atoms with Crippen molar-refractivity contribution in [3.8, 4) is 0 Å². The first-order chi connectivity index (χ1) is 7.39. The highest BCUT2D eigenvalue weighted by molar-refractivity contribution is 5.84. The average Bonchev–Trinajstić information content (AvgIpc) is 2.58. The van der Waals surface area contributed by atoms with E-state index in [9.17, 15) is 18.3 Å². The minimum atomic E-state index is -4.34. The van der Waals surface area contributed by atoms with Crippen LogP contribution >= 0.6 is 0 Å². The van der Waals surface area contributed by atoms with Gasteiger partial charge in [0.25, 0.3) is 0 Å². The predicted molar refractivity (Wildman–Crippen MR) is 53.9 cm³/mol. The lowest BCUT2D eigenvalue weighted by Crippen LogP contribution is -2.04. The van der Waals surface area contributed by atoms with Gasteiger partial charge in [0.05, 0.1) is 11.7 Å². The summed E-state index contributed by atoms with van der Waals surface area (Å²) in [4.78, 5) is 2.72. The van der Waals surface area contributed by atoms with Gasteiger partial charge in [-0.3, -0.25) is 0 Å². The van der Waals surface area contributed by atoms with Crippen LogP contribution in [0.25, 0.3) is 10.9 Å².